The van der Waals surface area contributed by atoms with E-state index in [0.29, 0.717) is 23.9 Å². The van der Waals surface area contributed by atoms with Crippen LogP contribution in [-0.2, 0) is 4.79 Å². The van der Waals surface area contributed by atoms with Gasteiger partial charge in [-0.05, 0) is 37.3 Å². The average Bonchev–Trinajstić information content (AvgIpc) is 2.62. The number of benzene rings is 1. The number of hydrogen-bond acceptors (Lipinski definition) is 4. The van der Waals surface area contributed by atoms with Gasteiger partial charge in [0.05, 0.1) is 0 Å². The number of hydrogen-bond donors (Lipinski definition) is 0. The molecule has 1 aromatic carbocycles. The van der Waals surface area contributed by atoms with Crippen molar-refractivity contribution in [2.75, 3.05) is 31.1 Å². The van der Waals surface area contributed by atoms with Gasteiger partial charge < -0.3 is 14.5 Å². The van der Waals surface area contributed by atoms with E-state index in [2.05, 4.69) is 9.88 Å². The van der Waals surface area contributed by atoms with Gasteiger partial charge in [0.25, 0.3) is 5.91 Å². The van der Waals surface area contributed by atoms with Gasteiger partial charge in [-0.25, -0.2) is 0 Å². The molecular weight excluding hydrogens is 326 g/mol. The van der Waals surface area contributed by atoms with E-state index < -0.39 is 6.10 Å². The monoisotopic (exact) mass is 345 g/mol. The van der Waals surface area contributed by atoms with Crippen LogP contribution in [0.2, 0.25) is 5.02 Å². The van der Waals surface area contributed by atoms with Crippen molar-refractivity contribution >= 4 is 23.2 Å². The SMILES string of the molecule is CC(Oc1cccc(Cl)c1)C(=O)N1CCN(c2ccncc2)CC1. The molecule has 1 saturated heterocycles. The summed E-state index contributed by atoms with van der Waals surface area (Å²) in [5.41, 5.74) is 1.14. The van der Waals surface area contributed by atoms with E-state index in [4.69, 9.17) is 16.3 Å². The normalized spacial score (nSPS) is 15.9. The average molecular weight is 346 g/mol. The van der Waals surface area contributed by atoms with E-state index in [0.717, 1.165) is 18.8 Å². The number of aromatic nitrogens is 1. The molecular formula is C18H20ClN3O2. The standard InChI is InChI=1S/C18H20ClN3O2/c1-14(24-17-4-2-3-15(19)13-17)18(23)22-11-9-21(10-12-22)16-5-7-20-8-6-16/h2-8,13-14H,9-12H2,1H3. The van der Waals surface area contributed by atoms with Gasteiger partial charge in [-0.3, -0.25) is 9.78 Å². The van der Waals surface area contributed by atoms with Crippen LogP contribution in [0.4, 0.5) is 5.69 Å². The highest BCUT2D eigenvalue weighted by molar-refractivity contribution is 6.30. The van der Waals surface area contributed by atoms with Gasteiger partial charge in [0.1, 0.15) is 5.75 Å². The molecule has 0 saturated carbocycles. The first kappa shape index (κ1) is 16.6. The number of amides is 1. The fraction of sp³-hybridized carbons (Fsp3) is 0.333. The number of ether oxygens (including phenoxy) is 1. The molecule has 1 aromatic heterocycles. The van der Waals surface area contributed by atoms with Crippen LogP contribution in [0.3, 0.4) is 0 Å². The summed E-state index contributed by atoms with van der Waals surface area (Å²) < 4.78 is 5.72. The van der Waals surface area contributed by atoms with Crippen molar-refractivity contribution in [3.63, 3.8) is 0 Å². The van der Waals surface area contributed by atoms with Gasteiger partial charge in [-0.1, -0.05) is 17.7 Å². The Balaban J connectivity index is 1.55. The summed E-state index contributed by atoms with van der Waals surface area (Å²) in [7, 11) is 0. The van der Waals surface area contributed by atoms with Gasteiger partial charge in [0.15, 0.2) is 6.10 Å². The highest BCUT2D eigenvalue weighted by atomic mass is 35.5. The number of piperazine rings is 1. The molecule has 1 aliphatic rings. The van der Waals surface area contributed by atoms with Crippen LogP contribution in [0.25, 0.3) is 0 Å². The zero-order valence-electron chi connectivity index (χ0n) is 13.6. The minimum atomic E-state index is -0.532. The Morgan fingerprint density at radius 2 is 1.88 bits per heavy atom. The molecule has 5 nitrogen and oxygen atoms in total. The molecule has 0 radical (unpaired) electrons. The predicted molar refractivity (Wildman–Crippen MR) is 94.6 cm³/mol. The van der Waals surface area contributed by atoms with Gasteiger partial charge in [0, 0.05) is 49.3 Å². The zero-order valence-corrected chi connectivity index (χ0v) is 14.3. The summed E-state index contributed by atoms with van der Waals surface area (Å²) >= 11 is 5.95. The summed E-state index contributed by atoms with van der Waals surface area (Å²) in [5.74, 6) is 0.614. The first-order chi connectivity index (χ1) is 11.6. The van der Waals surface area contributed by atoms with Crippen LogP contribution in [0, 0.1) is 0 Å². The van der Waals surface area contributed by atoms with Gasteiger partial charge >= 0.3 is 0 Å². The maximum atomic E-state index is 12.6. The summed E-state index contributed by atoms with van der Waals surface area (Å²) in [5, 5.41) is 0.595. The highest BCUT2D eigenvalue weighted by Crippen LogP contribution is 2.20. The number of pyridine rings is 1. The Bertz CT molecular complexity index is 688. The van der Waals surface area contributed by atoms with Crippen LogP contribution >= 0.6 is 11.6 Å². The summed E-state index contributed by atoms with van der Waals surface area (Å²) in [4.78, 5) is 20.7. The van der Waals surface area contributed by atoms with Crippen molar-refractivity contribution in [1.82, 2.24) is 9.88 Å². The molecule has 1 aliphatic heterocycles. The molecule has 126 valence electrons. The van der Waals surface area contributed by atoms with Crippen molar-refractivity contribution in [2.45, 2.75) is 13.0 Å². The van der Waals surface area contributed by atoms with Crippen LogP contribution in [0.15, 0.2) is 48.8 Å². The Morgan fingerprint density at radius 1 is 1.17 bits per heavy atom. The summed E-state index contributed by atoms with van der Waals surface area (Å²) in [6.07, 6.45) is 3.04. The number of anilines is 1. The fourth-order valence-corrected chi connectivity index (χ4v) is 2.97. The third-order valence-corrected chi connectivity index (χ3v) is 4.31. The first-order valence-electron chi connectivity index (χ1n) is 7.99. The molecule has 1 fully saturated rings. The molecule has 2 aromatic rings. The molecule has 3 rings (SSSR count). The van der Waals surface area contributed by atoms with E-state index in [1.54, 1.807) is 37.5 Å². The van der Waals surface area contributed by atoms with E-state index in [1.807, 2.05) is 23.1 Å². The Labute approximate surface area is 146 Å². The topological polar surface area (TPSA) is 45.7 Å². The molecule has 2 heterocycles. The van der Waals surface area contributed by atoms with Crippen molar-refractivity contribution < 1.29 is 9.53 Å². The van der Waals surface area contributed by atoms with Crippen molar-refractivity contribution in [2.24, 2.45) is 0 Å². The van der Waals surface area contributed by atoms with Crippen LogP contribution < -0.4 is 9.64 Å². The number of halogens is 1. The van der Waals surface area contributed by atoms with Crippen LogP contribution in [-0.4, -0.2) is 48.1 Å². The van der Waals surface area contributed by atoms with E-state index >= 15 is 0 Å². The quantitative estimate of drug-likeness (QED) is 0.854. The first-order valence-corrected chi connectivity index (χ1v) is 8.37. The van der Waals surface area contributed by atoms with Gasteiger partial charge in [-0.15, -0.1) is 0 Å². The lowest BCUT2D eigenvalue weighted by Crippen LogP contribution is -2.52. The third-order valence-electron chi connectivity index (χ3n) is 4.08. The number of carbonyl (C=O) groups is 1. The van der Waals surface area contributed by atoms with E-state index in [-0.39, 0.29) is 5.91 Å². The molecule has 1 unspecified atom stereocenters. The van der Waals surface area contributed by atoms with Crippen LogP contribution in [0.5, 0.6) is 5.75 Å². The predicted octanol–water partition coefficient (Wildman–Crippen LogP) is 2.85. The van der Waals surface area contributed by atoms with Gasteiger partial charge in [-0.2, -0.15) is 0 Å². The van der Waals surface area contributed by atoms with E-state index in [9.17, 15) is 4.79 Å². The molecule has 0 N–H and O–H groups in total. The lowest BCUT2D eigenvalue weighted by molar-refractivity contribution is -0.138. The fourth-order valence-electron chi connectivity index (χ4n) is 2.79. The van der Waals surface area contributed by atoms with Gasteiger partial charge in [0.2, 0.25) is 0 Å². The lowest BCUT2D eigenvalue weighted by atomic mass is 10.2. The Hall–Kier alpha value is -2.27. The van der Waals surface area contributed by atoms with Crippen LogP contribution in [0.1, 0.15) is 6.92 Å². The minimum Gasteiger partial charge on any atom is -0.481 e. The minimum absolute atomic E-state index is 0.00403. The largest absolute Gasteiger partial charge is 0.481 e. The molecule has 0 spiro atoms. The smallest absolute Gasteiger partial charge is 0.263 e. The van der Waals surface area contributed by atoms with E-state index in [1.165, 1.54) is 0 Å². The number of rotatable bonds is 4. The molecule has 0 bridgehead atoms. The second-order valence-electron chi connectivity index (χ2n) is 5.74. The number of nitrogens with zero attached hydrogens (tertiary/aromatic N) is 3. The summed E-state index contributed by atoms with van der Waals surface area (Å²) in [6, 6.07) is 11.1. The lowest BCUT2D eigenvalue weighted by Gasteiger charge is -2.37. The molecule has 0 aliphatic carbocycles. The molecule has 1 atom stereocenters. The second kappa shape index (κ2) is 7.53. The Morgan fingerprint density at radius 3 is 2.54 bits per heavy atom. The van der Waals surface area contributed by atoms with Crippen molar-refractivity contribution in [3.8, 4) is 5.75 Å². The maximum Gasteiger partial charge on any atom is 0.263 e. The van der Waals surface area contributed by atoms with Crippen molar-refractivity contribution in [3.05, 3.63) is 53.8 Å². The highest BCUT2D eigenvalue weighted by Gasteiger charge is 2.26. The summed E-state index contributed by atoms with van der Waals surface area (Å²) in [6.45, 7) is 4.76. The third kappa shape index (κ3) is 3.97. The zero-order chi connectivity index (χ0) is 16.9. The molecule has 24 heavy (non-hydrogen) atoms. The number of carbonyl (C=O) groups excluding carboxylic acids is 1. The Kier molecular flexibility index (Phi) is 5.20. The molecule has 6 heteroatoms. The van der Waals surface area contributed by atoms with Crippen molar-refractivity contribution in [1.29, 1.82) is 0 Å². The second-order valence-corrected chi connectivity index (χ2v) is 6.17. The molecule has 1 amide bonds. The maximum absolute atomic E-state index is 12.6.